The topological polar surface area (TPSA) is 50.2 Å². The lowest BCUT2D eigenvalue weighted by molar-refractivity contribution is 0.303. The van der Waals surface area contributed by atoms with Crippen molar-refractivity contribution in [1.29, 1.82) is 0 Å². The minimum atomic E-state index is -0.441. The van der Waals surface area contributed by atoms with Gasteiger partial charge in [-0.3, -0.25) is 9.36 Å². The minimum Gasteiger partial charge on any atom is -0.383 e. The van der Waals surface area contributed by atoms with Crippen molar-refractivity contribution in [2.24, 2.45) is 0 Å². The number of anilines is 1. The van der Waals surface area contributed by atoms with E-state index in [0.29, 0.717) is 36.0 Å². The Morgan fingerprint density at radius 3 is 2.38 bits per heavy atom. The predicted octanol–water partition coefficient (Wildman–Crippen LogP) is 7.02. The number of nitrogens with zero attached hydrogens (tertiary/aromatic N) is 3. The van der Waals surface area contributed by atoms with Gasteiger partial charge in [0.25, 0.3) is 5.56 Å². The Morgan fingerprint density at radius 2 is 1.72 bits per heavy atom. The molecule has 0 amide bonds. The van der Waals surface area contributed by atoms with Crippen molar-refractivity contribution in [3.05, 3.63) is 105 Å². The Hall–Kier alpha value is -3.77. The zero-order valence-corrected chi connectivity index (χ0v) is 23.5. The number of nitrogens with one attached hydrogen (secondary N) is 1. The lowest BCUT2D eigenvalue weighted by atomic mass is 10.0. The van der Waals surface area contributed by atoms with Crippen LogP contribution in [0.4, 0.5) is 10.1 Å². The molecule has 0 aliphatic rings. The Labute approximate surface area is 231 Å². The third-order valence-electron chi connectivity index (χ3n) is 7.14. The fourth-order valence-electron chi connectivity index (χ4n) is 4.67. The summed E-state index contributed by atoms with van der Waals surface area (Å²) in [5, 5.41) is 3.48. The van der Waals surface area contributed by atoms with Crippen molar-refractivity contribution >= 4 is 28.7 Å². The molecular weight excluding hydrogens is 487 g/mol. The van der Waals surface area contributed by atoms with Crippen LogP contribution in [0.3, 0.4) is 0 Å². The van der Waals surface area contributed by atoms with Gasteiger partial charge in [-0.15, -0.1) is 0 Å². The van der Waals surface area contributed by atoms with Crippen LogP contribution in [0.5, 0.6) is 0 Å². The number of hydrogen-bond acceptors (Lipinski definition) is 4. The van der Waals surface area contributed by atoms with Crippen LogP contribution in [0.2, 0.25) is 0 Å². The summed E-state index contributed by atoms with van der Waals surface area (Å²) < 4.78 is 16.7. The van der Waals surface area contributed by atoms with Crippen molar-refractivity contribution in [2.75, 3.05) is 31.5 Å². The zero-order valence-electron chi connectivity index (χ0n) is 23.5. The fraction of sp³-hybridized carbons (Fsp3) is 0.333. The minimum absolute atomic E-state index is 0.259. The van der Waals surface area contributed by atoms with Gasteiger partial charge in [-0.1, -0.05) is 88.4 Å². The van der Waals surface area contributed by atoms with Crippen molar-refractivity contribution in [1.82, 2.24) is 14.5 Å². The molecule has 0 fully saturated rings. The average Bonchev–Trinajstić information content (AvgIpc) is 2.95. The summed E-state index contributed by atoms with van der Waals surface area (Å²) in [7, 11) is 0. The highest BCUT2D eigenvalue weighted by molar-refractivity contribution is 5.83. The first-order valence-corrected chi connectivity index (χ1v) is 13.9. The molecule has 4 aromatic rings. The van der Waals surface area contributed by atoms with Crippen molar-refractivity contribution < 1.29 is 4.39 Å². The number of benzene rings is 3. The molecule has 0 aliphatic carbocycles. The van der Waals surface area contributed by atoms with Crippen LogP contribution in [-0.2, 0) is 6.54 Å². The monoisotopic (exact) mass is 526 g/mol. The van der Waals surface area contributed by atoms with Gasteiger partial charge in [0.05, 0.1) is 23.1 Å². The second kappa shape index (κ2) is 13.3. The molecule has 1 aromatic heterocycles. The Balaban J connectivity index is 1.68. The largest absolute Gasteiger partial charge is 0.383 e. The first-order chi connectivity index (χ1) is 18.9. The molecule has 39 heavy (non-hydrogen) atoms. The summed E-state index contributed by atoms with van der Waals surface area (Å²) in [6.45, 7) is 12.6. The zero-order chi connectivity index (χ0) is 27.8. The van der Waals surface area contributed by atoms with Gasteiger partial charge in [0.1, 0.15) is 11.6 Å². The molecule has 1 N–H and O–H groups in total. The standard InChI is InChI=1S/C33H39FN4O/c1-5-37(6-2)20-10-19-35-31-22-30-28(21-29(31)34)33(39)38(23-26-11-8-7-9-12-26)32(36-30)18-15-25-13-16-27(17-14-25)24(3)4/h7-9,11-18,21-22,24,35H,5-6,10,19-20,23H2,1-4H3/b18-15+. The van der Waals surface area contributed by atoms with Gasteiger partial charge in [0, 0.05) is 6.54 Å². The summed E-state index contributed by atoms with van der Waals surface area (Å²) in [5.41, 5.74) is 3.86. The molecule has 0 atom stereocenters. The van der Waals surface area contributed by atoms with Crippen LogP contribution < -0.4 is 10.9 Å². The molecule has 6 heteroatoms. The Kier molecular flexibility index (Phi) is 9.66. The number of fused-ring (bicyclic) bond motifs is 1. The van der Waals surface area contributed by atoms with E-state index in [1.54, 1.807) is 10.6 Å². The highest BCUT2D eigenvalue weighted by Crippen LogP contribution is 2.22. The Bertz CT molecular complexity index is 1460. The number of rotatable bonds is 12. The lowest BCUT2D eigenvalue weighted by Gasteiger charge is -2.18. The lowest BCUT2D eigenvalue weighted by Crippen LogP contribution is -2.26. The van der Waals surface area contributed by atoms with Crippen LogP contribution >= 0.6 is 0 Å². The van der Waals surface area contributed by atoms with Crippen LogP contribution in [0.25, 0.3) is 23.1 Å². The van der Waals surface area contributed by atoms with E-state index in [4.69, 9.17) is 4.98 Å². The molecule has 0 unspecified atom stereocenters. The predicted molar refractivity (Wildman–Crippen MR) is 162 cm³/mol. The molecule has 4 rings (SSSR count). The molecule has 204 valence electrons. The maximum atomic E-state index is 15.1. The van der Waals surface area contributed by atoms with E-state index >= 15 is 4.39 Å². The van der Waals surface area contributed by atoms with E-state index < -0.39 is 5.82 Å². The van der Waals surface area contributed by atoms with Crippen molar-refractivity contribution in [3.63, 3.8) is 0 Å². The summed E-state index contributed by atoms with van der Waals surface area (Å²) in [5.74, 6) is 0.550. The Morgan fingerprint density at radius 1 is 1.00 bits per heavy atom. The highest BCUT2D eigenvalue weighted by Gasteiger charge is 2.14. The second-order valence-corrected chi connectivity index (χ2v) is 10.2. The fourth-order valence-corrected chi connectivity index (χ4v) is 4.67. The first-order valence-electron chi connectivity index (χ1n) is 13.9. The third-order valence-corrected chi connectivity index (χ3v) is 7.14. The molecular formula is C33H39FN4O. The molecule has 0 saturated heterocycles. The molecule has 0 aliphatic heterocycles. The molecule has 0 bridgehead atoms. The van der Waals surface area contributed by atoms with Gasteiger partial charge in [-0.2, -0.15) is 0 Å². The summed E-state index contributed by atoms with van der Waals surface area (Å²) in [6.07, 6.45) is 4.73. The van der Waals surface area contributed by atoms with E-state index in [2.05, 4.69) is 62.2 Å². The van der Waals surface area contributed by atoms with Crippen LogP contribution in [0, 0.1) is 5.82 Å². The maximum Gasteiger partial charge on any atom is 0.262 e. The number of halogens is 1. The first kappa shape index (κ1) is 28.2. The van der Waals surface area contributed by atoms with Gasteiger partial charge in [0.15, 0.2) is 0 Å². The van der Waals surface area contributed by atoms with E-state index in [1.165, 1.54) is 11.6 Å². The quantitative estimate of drug-likeness (QED) is 0.202. The summed E-state index contributed by atoms with van der Waals surface area (Å²) in [4.78, 5) is 20.8. The smallest absolute Gasteiger partial charge is 0.262 e. The number of aromatic nitrogens is 2. The van der Waals surface area contributed by atoms with E-state index in [-0.39, 0.29) is 10.9 Å². The molecule has 3 aromatic carbocycles. The van der Waals surface area contributed by atoms with Gasteiger partial charge in [-0.25, -0.2) is 9.37 Å². The van der Waals surface area contributed by atoms with Gasteiger partial charge in [-0.05, 0) is 66.9 Å². The van der Waals surface area contributed by atoms with Crippen molar-refractivity contribution in [3.8, 4) is 0 Å². The highest BCUT2D eigenvalue weighted by atomic mass is 19.1. The summed E-state index contributed by atoms with van der Waals surface area (Å²) in [6, 6.07) is 21.1. The normalized spacial score (nSPS) is 11.8. The third kappa shape index (κ3) is 7.21. The van der Waals surface area contributed by atoms with Crippen LogP contribution in [0.1, 0.15) is 62.5 Å². The maximum absolute atomic E-state index is 15.1. The molecule has 1 heterocycles. The van der Waals surface area contributed by atoms with E-state index in [0.717, 1.165) is 37.2 Å². The van der Waals surface area contributed by atoms with E-state index in [9.17, 15) is 4.79 Å². The van der Waals surface area contributed by atoms with E-state index in [1.807, 2.05) is 42.5 Å². The molecule has 5 nitrogen and oxygen atoms in total. The van der Waals surface area contributed by atoms with Gasteiger partial charge < -0.3 is 10.2 Å². The second-order valence-electron chi connectivity index (χ2n) is 10.2. The van der Waals surface area contributed by atoms with Gasteiger partial charge >= 0.3 is 0 Å². The molecule has 0 spiro atoms. The van der Waals surface area contributed by atoms with Gasteiger partial charge in [0.2, 0.25) is 0 Å². The number of hydrogen-bond donors (Lipinski definition) is 1. The SMILES string of the molecule is CCN(CC)CCCNc1cc2nc(/C=C/c3ccc(C(C)C)cc3)n(Cc3ccccc3)c(=O)c2cc1F. The van der Waals surface area contributed by atoms with Crippen molar-refractivity contribution in [2.45, 2.75) is 46.6 Å². The molecule has 0 saturated carbocycles. The van der Waals surface area contributed by atoms with Crippen LogP contribution in [0.15, 0.2) is 71.5 Å². The van der Waals surface area contributed by atoms with Crippen LogP contribution in [-0.4, -0.2) is 40.6 Å². The average molecular weight is 527 g/mol. The summed E-state index contributed by atoms with van der Waals surface area (Å²) >= 11 is 0. The molecule has 0 radical (unpaired) electrons.